The smallest absolute Gasteiger partial charge is 0.258 e. The van der Waals surface area contributed by atoms with E-state index in [1.165, 1.54) is 0 Å². The molecule has 3 aromatic rings. The van der Waals surface area contributed by atoms with E-state index in [0.717, 1.165) is 22.4 Å². The first-order valence-electron chi connectivity index (χ1n) is 9.93. The second-order valence-corrected chi connectivity index (χ2v) is 7.20. The van der Waals surface area contributed by atoms with Crippen molar-refractivity contribution >= 4 is 5.91 Å². The van der Waals surface area contributed by atoms with Gasteiger partial charge in [-0.15, -0.1) is 0 Å². The Hall–Kier alpha value is -3.31. The van der Waals surface area contributed by atoms with Crippen LogP contribution in [0.4, 0.5) is 0 Å². The van der Waals surface area contributed by atoms with Gasteiger partial charge in [0.2, 0.25) is 0 Å². The average Bonchev–Trinajstić information content (AvgIpc) is 2.79. The summed E-state index contributed by atoms with van der Waals surface area (Å²) < 4.78 is 11.1. The maximum Gasteiger partial charge on any atom is 0.258 e. The molecule has 0 bridgehead atoms. The minimum atomic E-state index is -0.163. The van der Waals surface area contributed by atoms with Crippen molar-refractivity contribution in [2.24, 2.45) is 0 Å². The molecule has 0 aliphatic heterocycles. The van der Waals surface area contributed by atoms with E-state index >= 15 is 0 Å². The molecule has 1 atom stereocenters. The van der Waals surface area contributed by atoms with Crippen LogP contribution < -0.4 is 14.8 Å². The lowest BCUT2D eigenvalue weighted by atomic mass is 10.0. The van der Waals surface area contributed by atoms with Gasteiger partial charge in [-0.25, -0.2) is 0 Å². The second kappa shape index (κ2) is 10.5. The number of hydrogen-bond acceptors (Lipinski definition) is 4. The first kappa shape index (κ1) is 21.4. The Morgan fingerprint density at radius 1 is 0.900 bits per heavy atom. The topological polar surface area (TPSA) is 50.8 Å². The fourth-order valence-corrected chi connectivity index (χ4v) is 3.30. The molecule has 0 fully saturated rings. The molecule has 156 valence electrons. The number of carbonyl (C=O) groups is 1. The third-order valence-electron chi connectivity index (χ3n) is 4.95. The lowest BCUT2D eigenvalue weighted by Gasteiger charge is -2.26. The van der Waals surface area contributed by atoms with Gasteiger partial charge in [-0.1, -0.05) is 60.7 Å². The van der Waals surface area contributed by atoms with E-state index in [4.69, 9.17) is 9.47 Å². The predicted octanol–water partition coefficient (Wildman–Crippen LogP) is 4.16. The molecule has 5 heteroatoms. The summed E-state index contributed by atoms with van der Waals surface area (Å²) in [6.45, 7) is 0.430. The molecule has 5 nitrogen and oxygen atoms in total. The first-order valence-corrected chi connectivity index (χ1v) is 9.93. The van der Waals surface area contributed by atoms with Crippen molar-refractivity contribution in [3.63, 3.8) is 0 Å². The highest BCUT2D eigenvalue weighted by Crippen LogP contribution is 2.27. The number of rotatable bonds is 9. The molecule has 1 amide bonds. The van der Waals surface area contributed by atoms with Gasteiger partial charge in [0.25, 0.3) is 5.91 Å². The SMILES string of the molecule is COc1ccccc1C(CNC(=O)COc1ccc(-c2ccccc2)cc1)N(C)C. The monoisotopic (exact) mass is 404 g/mol. The number of nitrogens with zero attached hydrogens (tertiary/aromatic N) is 1. The molecule has 1 unspecified atom stereocenters. The van der Waals surface area contributed by atoms with Gasteiger partial charge in [0, 0.05) is 12.1 Å². The van der Waals surface area contributed by atoms with Crippen LogP contribution >= 0.6 is 0 Å². The van der Waals surface area contributed by atoms with Crippen LogP contribution in [-0.2, 0) is 4.79 Å². The fourth-order valence-electron chi connectivity index (χ4n) is 3.30. The number of para-hydroxylation sites is 1. The Morgan fingerprint density at radius 3 is 2.20 bits per heavy atom. The minimum absolute atomic E-state index is 0.00439. The summed E-state index contributed by atoms with van der Waals surface area (Å²) in [5.41, 5.74) is 3.29. The van der Waals surface area contributed by atoms with Crippen LogP contribution in [-0.4, -0.2) is 45.2 Å². The summed E-state index contributed by atoms with van der Waals surface area (Å²) in [5, 5.41) is 2.96. The quantitative estimate of drug-likeness (QED) is 0.582. The maximum atomic E-state index is 12.3. The van der Waals surface area contributed by atoms with E-state index in [9.17, 15) is 4.79 Å². The normalized spacial score (nSPS) is 11.7. The Kier molecular flexibility index (Phi) is 7.46. The molecule has 3 rings (SSSR count). The largest absolute Gasteiger partial charge is 0.496 e. The highest BCUT2D eigenvalue weighted by Gasteiger charge is 2.19. The molecule has 0 aromatic heterocycles. The Balaban J connectivity index is 1.54. The number of amides is 1. The predicted molar refractivity (Wildman–Crippen MR) is 120 cm³/mol. The van der Waals surface area contributed by atoms with Crippen molar-refractivity contribution in [2.45, 2.75) is 6.04 Å². The number of nitrogens with one attached hydrogen (secondary N) is 1. The van der Waals surface area contributed by atoms with Gasteiger partial charge >= 0.3 is 0 Å². The number of hydrogen-bond donors (Lipinski definition) is 1. The van der Waals surface area contributed by atoms with Crippen LogP contribution in [0.2, 0.25) is 0 Å². The third-order valence-corrected chi connectivity index (χ3v) is 4.95. The zero-order valence-electron chi connectivity index (χ0n) is 17.7. The van der Waals surface area contributed by atoms with E-state index < -0.39 is 0 Å². The minimum Gasteiger partial charge on any atom is -0.496 e. The van der Waals surface area contributed by atoms with Crippen molar-refractivity contribution in [1.29, 1.82) is 0 Å². The molecule has 0 heterocycles. The summed E-state index contributed by atoms with van der Waals surface area (Å²) >= 11 is 0. The van der Waals surface area contributed by atoms with E-state index in [2.05, 4.69) is 22.3 Å². The first-order chi connectivity index (χ1) is 14.6. The molecule has 0 aliphatic carbocycles. The highest BCUT2D eigenvalue weighted by atomic mass is 16.5. The molecule has 3 aromatic carbocycles. The standard InChI is InChI=1S/C25H28N2O3/c1-27(2)23(22-11-7-8-12-24(22)29-3)17-26-25(28)18-30-21-15-13-20(14-16-21)19-9-5-4-6-10-19/h4-16,23H,17-18H2,1-3H3,(H,26,28). The zero-order chi connectivity index (χ0) is 21.3. The lowest BCUT2D eigenvalue weighted by molar-refractivity contribution is -0.123. The van der Waals surface area contributed by atoms with Crippen LogP contribution in [0.1, 0.15) is 11.6 Å². The Morgan fingerprint density at radius 2 is 1.53 bits per heavy atom. The number of benzene rings is 3. The van der Waals surface area contributed by atoms with Crippen molar-refractivity contribution in [3.8, 4) is 22.6 Å². The average molecular weight is 405 g/mol. The summed E-state index contributed by atoms with van der Waals surface area (Å²) in [4.78, 5) is 14.4. The fraction of sp³-hybridized carbons (Fsp3) is 0.240. The molecule has 0 saturated heterocycles. The second-order valence-electron chi connectivity index (χ2n) is 7.20. The summed E-state index contributed by atoms with van der Waals surface area (Å²) in [6, 6.07) is 25.7. The molecule has 0 saturated carbocycles. The number of carbonyl (C=O) groups excluding carboxylic acids is 1. The van der Waals surface area contributed by atoms with E-state index in [-0.39, 0.29) is 18.6 Å². The Bertz CT molecular complexity index is 940. The summed E-state index contributed by atoms with van der Waals surface area (Å²) in [5.74, 6) is 1.31. The van der Waals surface area contributed by atoms with Crippen LogP contribution in [0, 0.1) is 0 Å². The van der Waals surface area contributed by atoms with Crippen LogP contribution in [0.3, 0.4) is 0 Å². The zero-order valence-corrected chi connectivity index (χ0v) is 17.7. The van der Waals surface area contributed by atoms with E-state index in [0.29, 0.717) is 12.3 Å². The van der Waals surface area contributed by atoms with Crippen molar-refractivity contribution in [3.05, 3.63) is 84.4 Å². The number of likely N-dealkylation sites (N-methyl/N-ethyl adjacent to an activating group) is 1. The van der Waals surface area contributed by atoms with Gasteiger partial charge in [0.05, 0.1) is 13.2 Å². The summed E-state index contributed by atoms with van der Waals surface area (Å²) in [7, 11) is 5.61. The van der Waals surface area contributed by atoms with Crippen LogP contribution in [0.15, 0.2) is 78.9 Å². The maximum absolute atomic E-state index is 12.3. The van der Waals surface area contributed by atoms with Gasteiger partial charge in [-0.2, -0.15) is 0 Å². The van der Waals surface area contributed by atoms with E-state index in [1.807, 2.05) is 80.8 Å². The van der Waals surface area contributed by atoms with Gasteiger partial charge < -0.3 is 19.7 Å². The highest BCUT2D eigenvalue weighted by molar-refractivity contribution is 5.77. The molecule has 1 N–H and O–H groups in total. The summed E-state index contributed by atoms with van der Waals surface area (Å²) in [6.07, 6.45) is 0. The van der Waals surface area contributed by atoms with Gasteiger partial charge in [-0.05, 0) is 43.4 Å². The number of methoxy groups -OCH3 is 1. The molecule has 0 spiro atoms. The Labute approximate surface area is 178 Å². The van der Waals surface area contributed by atoms with Crippen molar-refractivity contribution in [2.75, 3.05) is 34.4 Å². The van der Waals surface area contributed by atoms with Crippen molar-refractivity contribution in [1.82, 2.24) is 10.2 Å². The molecule has 0 radical (unpaired) electrons. The molecule has 30 heavy (non-hydrogen) atoms. The molecular weight excluding hydrogens is 376 g/mol. The van der Waals surface area contributed by atoms with E-state index in [1.54, 1.807) is 7.11 Å². The van der Waals surface area contributed by atoms with Gasteiger partial charge in [-0.3, -0.25) is 4.79 Å². The van der Waals surface area contributed by atoms with Crippen molar-refractivity contribution < 1.29 is 14.3 Å². The number of ether oxygens (including phenoxy) is 2. The van der Waals surface area contributed by atoms with Gasteiger partial charge in [0.15, 0.2) is 6.61 Å². The molecular formula is C25H28N2O3. The van der Waals surface area contributed by atoms with Crippen LogP contribution in [0.25, 0.3) is 11.1 Å². The third kappa shape index (κ3) is 5.61. The van der Waals surface area contributed by atoms with Crippen LogP contribution in [0.5, 0.6) is 11.5 Å². The van der Waals surface area contributed by atoms with Gasteiger partial charge in [0.1, 0.15) is 11.5 Å². The molecule has 0 aliphatic rings. The lowest BCUT2D eigenvalue weighted by Crippen LogP contribution is -2.37.